The minimum Gasteiger partial charge on any atom is -0.481 e. The maximum absolute atomic E-state index is 10.3. The van der Waals surface area contributed by atoms with E-state index in [0.29, 0.717) is 6.42 Å². The van der Waals surface area contributed by atoms with Gasteiger partial charge >= 0.3 is 5.97 Å². The number of carbonyl (C=O) groups is 1. The number of aliphatic carboxylic acids is 1. The maximum Gasteiger partial charge on any atom is 0.303 e. The van der Waals surface area contributed by atoms with Crippen LogP contribution in [0.5, 0.6) is 0 Å². The van der Waals surface area contributed by atoms with Crippen molar-refractivity contribution in [1.29, 1.82) is 0 Å². The number of ether oxygens (including phenoxy) is 1. The van der Waals surface area contributed by atoms with E-state index in [4.69, 9.17) is 30.3 Å². The van der Waals surface area contributed by atoms with E-state index in [-0.39, 0.29) is 26.4 Å². The Kier molecular flexibility index (Phi) is 28.6. The Balaban J connectivity index is 0. The number of rotatable bonds is 22. The molecule has 188 valence electrons. The summed E-state index contributed by atoms with van der Waals surface area (Å²) in [5.41, 5.74) is 0. The largest absolute Gasteiger partial charge is 0.481 e. The van der Waals surface area contributed by atoms with Gasteiger partial charge in [-0.05, 0) is 6.42 Å². The Morgan fingerprint density at radius 3 is 1.26 bits per heavy atom. The van der Waals surface area contributed by atoms with E-state index in [1.165, 1.54) is 83.5 Å². The predicted octanol–water partition coefficient (Wildman–Crippen LogP) is 4.04. The van der Waals surface area contributed by atoms with Gasteiger partial charge in [0.15, 0.2) is 0 Å². The summed E-state index contributed by atoms with van der Waals surface area (Å²) >= 11 is 0. The maximum atomic E-state index is 10.3. The first-order valence-corrected chi connectivity index (χ1v) is 12.3. The fourth-order valence-corrected chi connectivity index (χ4v) is 3.09. The SMILES string of the molecule is CCCCCCCCCCCCCCCCCC(=O)O.OCC(O)COCC(O)CO. The fourth-order valence-electron chi connectivity index (χ4n) is 3.09. The molecule has 0 heterocycles. The first-order chi connectivity index (χ1) is 15.0. The van der Waals surface area contributed by atoms with Gasteiger partial charge in [-0.3, -0.25) is 4.79 Å². The van der Waals surface area contributed by atoms with Crippen molar-refractivity contribution < 1.29 is 35.1 Å². The van der Waals surface area contributed by atoms with Gasteiger partial charge in [-0.1, -0.05) is 96.8 Å². The molecule has 0 aliphatic rings. The second-order valence-electron chi connectivity index (χ2n) is 8.30. The molecular weight excluding hydrogens is 400 g/mol. The lowest BCUT2D eigenvalue weighted by atomic mass is 10.0. The van der Waals surface area contributed by atoms with Gasteiger partial charge in [0.05, 0.1) is 26.4 Å². The Morgan fingerprint density at radius 1 is 0.645 bits per heavy atom. The van der Waals surface area contributed by atoms with Crippen molar-refractivity contribution in [2.45, 2.75) is 122 Å². The molecule has 0 aromatic carbocycles. The van der Waals surface area contributed by atoms with Crippen LogP contribution in [-0.2, 0) is 9.53 Å². The van der Waals surface area contributed by atoms with Crippen molar-refractivity contribution in [2.24, 2.45) is 0 Å². The molecule has 0 radical (unpaired) electrons. The van der Waals surface area contributed by atoms with Gasteiger partial charge in [0.1, 0.15) is 12.2 Å². The van der Waals surface area contributed by atoms with Gasteiger partial charge in [0.2, 0.25) is 0 Å². The van der Waals surface area contributed by atoms with Crippen LogP contribution in [0.1, 0.15) is 110 Å². The number of hydrogen-bond acceptors (Lipinski definition) is 6. The molecule has 0 saturated heterocycles. The van der Waals surface area contributed by atoms with Crippen LogP contribution in [0.2, 0.25) is 0 Å². The van der Waals surface area contributed by atoms with Crippen molar-refractivity contribution in [3.8, 4) is 0 Å². The van der Waals surface area contributed by atoms with Crippen molar-refractivity contribution in [2.75, 3.05) is 26.4 Å². The lowest BCUT2D eigenvalue weighted by molar-refractivity contribution is -0.137. The predicted molar refractivity (Wildman–Crippen MR) is 124 cm³/mol. The Labute approximate surface area is 189 Å². The number of unbranched alkanes of at least 4 members (excludes halogenated alkanes) is 14. The lowest BCUT2D eigenvalue weighted by Crippen LogP contribution is -2.25. The Morgan fingerprint density at radius 2 is 0.968 bits per heavy atom. The summed E-state index contributed by atoms with van der Waals surface area (Å²) in [5, 5.41) is 42.6. The highest BCUT2D eigenvalue weighted by atomic mass is 16.5. The van der Waals surface area contributed by atoms with Crippen LogP contribution in [0, 0.1) is 0 Å². The first kappa shape index (κ1) is 32.4. The van der Waals surface area contributed by atoms with Crippen LogP contribution in [0.3, 0.4) is 0 Å². The highest BCUT2D eigenvalue weighted by molar-refractivity contribution is 5.66. The smallest absolute Gasteiger partial charge is 0.303 e. The third-order valence-corrected chi connectivity index (χ3v) is 5.04. The number of hydrogen-bond donors (Lipinski definition) is 5. The quantitative estimate of drug-likeness (QED) is 0.157. The zero-order chi connectivity index (χ0) is 23.6. The topological polar surface area (TPSA) is 127 Å². The standard InChI is InChI=1S/C18H36O2.C6H14O5/c1-2-3-4-5-6-7-8-9-10-11-12-13-14-15-16-17-18(19)20;7-1-5(9)3-11-4-6(10)2-8/h2-17H2,1H3,(H,19,20);5-10H,1-4H2. The second-order valence-corrected chi connectivity index (χ2v) is 8.30. The zero-order valence-corrected chi connectivity index (χ0v) is 19.8. The molecule has 7 nitrogen and oxygen atoms in total. The molecule has 0 bridgehead atoms. The summed E-state index contributed by atoms with van der Waals surface area (Å²) in [5.74, 6) is -0.653. The molecule has 0 rings (SSSR count). The molecular formula is C24H50O7. The summed E-state index contributed by atoms with van der Waals surface area (Å²) in [4.78, 5) is 10.3. The number of aliphatic hydroxyl groups is 4. The van der Waals surface area contributed by atoms with E-state index in [1.54, 1.807) is 0 Å². The number of carboxylic acids is 1. The summed E-state index contributed by atoms with van der Waals surface area (Å²) < 4.78 is 4.72. The van der Waals surface area contributed by atoms with Gasteiger partial charge in [-0.25, -0.2) is 0 Å². The van der Waals surface area contributed by atoms with Gasteiger partial charge in [0.25, 0.3) is 0 Å². The van der Waals surface area contributed by atoms with Crippen molar-refractivity contribution in [3.05, 3.63) is 0 Å². The third-order valence-electron chi connectivity index (χ3n) is 5.04. The molecule has 5 N–H and O–H groups in total. The van der Waals surface area contributed by atoms with Crippen molar-refractivity contribution >= 4 is 5.97 Å². The van der Waals surface area contributed by atoms with E-state index in [0.717, 1.165) is 12.8 Å². The molecule has 31 heavy (non-hydrogen) atoms. The van der Waals surface area contributed by atoms with Gasteiger partial charge < -0.3 is 30.3 Å². The highest BCUT2D eigenvalue weighted by Gasteiger charge is 2.05. The average molecular weight is 451 g/mol. The molecule has 0 aliphatic heterocycles. The van der Waals surface area contributed by atoms with Crippen LogP contribution in [-0.4, -0.2) is 70.1 Å². The molecule has 2 atom stereocenters. The minimum absolute atomic E-state index is 0.0342. The molecule has 0 saturated carbocycles. The summed E-state index contributed by atoms with van der Waals surface area (Å²) in [7, 11) is 0. The highest BCUT2D eigenvalue weighted by Crippen LogP contribution is 2.13. The van der Waals surface area contributed by atoms with E-state index in [2.05, 4.69) is 6.92 Å². The summed E-state index contributed by atoms with van der Waals surface area (Å²) in [6.07, 6.45) is 18.4. The van der Waals surface area contributed by atoms with Crippen LogP contribution in [0.4, 0.5) is 0 Å². The van der Waals surface area contributed by atoms with Crippen LogP contribution in [0.25, 0.3) is 0 Å². The molecule has 0 aromatic heterocycles. The van der Waals surface area contributed by atoms with Gasteiger partial charge in [-0.2, -0.15) is 0 Å². The third kappa shape index (κ3) is 31.5. The van der Waals surface area contributed by atoms with Crippen LogP contribution in [0.15, 0.2) is 0 Å². The zero-order valence-electron chi connectivity index (χ0n) is 19.8. The van der Waals surface area contributed by atoms with E-state index in [9.17, 15) is 4.79 Å². The van der Waals surface area contributed by atoms with E-state index < -0.39 is 18.2 Å². The first-order valence-electron chi connectivity index (χ1n) is 12.3. The number of carboxylic acid groups (broad SMARTS) is 1. The average Bonchev–Trinajstić information content (AvgIpc) is 2.76. The minimum atomic E-state index is -0.916. The molecule has 0 fully saturated rings. The molecule has 0 aromatic rings. The van der Waals surface area contributed by atoms with Crippen molar-refractivity contribution in [3.63, 3.8) is 0 Å². The number of aliphatic hydroxyl groups excluding tert-OH is 4. The van der Waals surface area contributed by atoms with E-state index >= 15 is 0 Å². The summed E-state index contributed by atoms with van der Waals surface area (Å²) in [6.45, 7) is 1.47. The molecule has 2 unspecified atom stereocenters. The van der Waals surface area contributed by atoms with Crippen molar-refractivity contribution in [1.82, 2.24) is 0 Å². The molecule has 0 amide bonds. The van der Waals surface area contributed by atoms with Gasteiger partial charge in [0, 0.05) is 6.42 Å². The van der Waals surface area contributed by atoms with Crippen LogP contribution < -0.4 is 0 Å². The van der Waals surface area contributed by atoms with Crippen LogP contribution >= 0.6 is 0 Å². The lowest BCUT2D eigenvalue weighted by Gasteiger charge is -2.10. The summed E-state index contributed by atoms with van der Waals surface area (Å²) in [6, 6.07) is 0. The fraction of sp³-hybridized carbons (Fsp3) is 0.958. The Bertz CT molecular complexity index is 343. The van der Waals surface area contributed by atoms with Gasteiger partial charge in [-0.15, -0.1) is 0 Å². The molecule has 0 spiro atoms. The Hall–Kier alpha value is -0.730. The van der Waals surface area contributed by atoms with E-state index in [1.807, 2.05) is 0 Å². The monoisotopic (exact) mass is 450 g/mol. The molecule has 7 heteroatoms. The molecule has 0 aliphatic carbocycles. The normalized spacial score (nSPS) is 12.8. The second kappa shape index (κ2) is 27.3.